The summed E-state index contributed by atoms with van der Waals surface area (Å²) >= 11 is 0. The van der Waals surface area contributed by atoms with E-state index < -0.39 is 16.0 Å². The molecule has 0 aliphatic carbocycles. The summed E-state index contributed by atoms with van der Waals surface area (Å²) in [6, 6.07) is 5.00. The van der Waals surface area contributed by atoms with Crippen molar-refractivity contribution in [3.63, 3.8) is 0 Å². The van der Waals surface area contributed by atoms with E-state index in [1.165, 1.54) is 6.92 Å². The maximum atomic E-state index is 12.3. The fourth-order valence-electron chi connectivity index (χ4n) is 2.19. The van der Waals surface area contributed by atoms with Crippen molar-refractivity contribution in [2.24, 2.45) is 0 Å². The van der Waals surface area contributed by atoms with E-state index in [1.54, 1.807) is 36.1 Å². The molecule has 0 fully saturated rings. The lowest BCUT2D eigenvalue weighted by molar-refractivity contribution is -0.118. The third-order valence-electron chi connectivity index (χ3n) is 3.36. The molecule has 4 nitrogen and oxygen atoms in total. The van der Waals surface area contributed by atoms with Gasteiger partial charge in [-0.15, -0.1) is 6.58 Å². The number of hydrogen-bond acceptors (Lipinski definition) is 3. The summed E-state index contributed by atoms with van der Waals surface area (Å²) < 4.78 is 12.3. The summed E-state index contributed by atoms with van der Waals surface area (Å²) in [6.45, 7) is 7.28. The van der Waals surface area contributed by atoms with E-state index >= 15 is 0 Å². The lowest BCUT2D eigenvalue weighted by atomic mass is 10.1. The van der Waals surface area contributed by atoms with E-state index in [9.17, 15) is 13.8 Å². The van der Waals surface area contributed by atoms with Crippen LogP contribution in [-0.4, -0.2) is 27.7 Å². The summed E-state index contributed by atoms with van der Waals surface area (Å²) in [6.07, 6.45) is 2.38. The summed E-state index contributed by atoms with van der Waals surface area (Å²) in [5, 5.41) is -0.560. The average molecular weight is 291 g/mol. The Morgan fingerprint density at radius 1 is 1.50 bits per heavy atom. The molecule has 20 heavy (non-hydrogen) atoms. The molecule has 1 amide bonds. The van der Waals surface area contributed by atoms with Crippen LogP contribution in [0.25, 0.3) is 0 Å². The number of ketones is 1. The molecule has 0 saturated carbocycles. The standard InChI is InChI=1S/C15H17NO3S/c1-4-5-8-16-13-9-12(10(2)17)6-7-14(13)20(19)11(3)15(16)18/h4,6-7,9,11H,1,5,8H2,2-3H3. The Kier molecular flexibility index (Phi) is 4.18. The van der Waals surface area contributed by atoms with E-state index in [-0.39, 0.29) is 11.7 Å². The van der Waals surface area contributed by atoms with Crippen LogP contribution in [0.1, 0.15) is 30.6 Å². The first-order chi connectivity index (χ1) is 9.47. The molecule has 1 aliphatic heterocycles. The van der Waals surface area contributed by atoms with Crippen LogP contribution in [0.3, 0.4) is 0 Å². The number of Topliss-reactive ketones (excluding diaryl/α,β-unsaturated/α-hetero) is 1. The number of nitrogens with zero attached hydrogens (tertiary/aromatic N) is 1. The molecule has 0 N–H and O–H groups in total. The lowest BCUT2D eigenvalue weighted by Gasteiger charge is -2.32. The largest absolute Gasteiger partial charge is 0.310 e. The van der Waals surface area contributed by atoms with Crippen LogP contribution in [0.2, 0.25) is 0 Å². The topological polar surface area (TPSA) is 54.5 Å². The van der Waals surface area contributed by atoms with Crippen LogP contribution >= 0.6 is 0 Å². The normalized spacial score (nSPS) is 21.5. The molecule has 2 atom stereocenters. The maximum absolute atomic E-state index is 12.3. The number of rotatable bonds is 4. The van der Waals surface area contributed by atoms with E-state index in [2.05, 4.69) is 6.58 Å². The fraction of sp³-hybridized carbons (Fsp3) is 0.333. The highest BCUT2D eigenvalue weighted by atomic mass is 32.2. The number of carbonyl (C=O) groups excluding carboxylic acids is 2. The second-order valence-corrected chi connectivity index (χ2v) is 6.49. The first kappa shape index (κ1) is 14.7. The quantitative estimate of drug-likeness (QED) is 0.632. The highest BCUT2D eigenvalue weighted by molar-refractivity contribution is 7.86. The summed E-state index contributed by atoms with van der Waals surface area (Å²) in [5.41, 5.74) is 1.10. The number of carbonyl (C=O) groups is 2. The molecule has 1 aromatic carbocycles. The van der Waals surface area contributed by atoms with Gasteiger partial charge in [0.25, 0.3) is 0 Å². The van der Waals surface area contributed by atoms with Gasteiger partial charge in [-0.2, -0.15) is 0 Å². The fourth-order valence-corrected chi connectivity index (χ4v) is 3.46. The van der Waals surface area contributed by atoms with Gasteiger partial charge in [0, 0.05) is 12.1 Å². The number of hydrogen-bond donors (Lipinski definition) is 0. The van der Waals surface area contributed by atoms with Crippen molar-refractivity contribution >= 4 is 28.2 Å². The molecule has 2 unspecified atom stereocenters. The Morgan fingerprint density at radius 2 is 2.20 bits per heavy atom. The summed E-state index contributed by atoms with van der Waals surface area (Å²) in [5.74, 6) is -0.244. The molecule has 0 saturated heterocycles. The van der Waals surface area contributed by atoms with Crippen LogP contribution in [0.15, 0.2) is 35.7 Å². The molecule has 5 heteroatoms. The molecule has 0 aromatic heterocycles. The second kappa shape index (κ2) is 5.71. The lowest BCUT2D eigenvalue weighted by Crippen LogP contribution is -2.44. The molecule has 1 heterocycles. The summed E-state index contributed by atoms with van der Waals surface area (Å²) in [4.78, 5) is 26.0. The van der Waals surface area contributed by atoms with Gasteiger partial charge in [0.15, 0.2) is 5.78 Å². The van der Waals surface area contributed by atoms with Gasteiger partial charge >= 0.3 is 0 Å². The van der Waals surface area contributed by atoms with Gasteiger partial charge < -0.3 is 4.90 Å². The highest BCUT2D eigenvalue weighted by Crippen LogP contribution is 2.33. The van der Waals surface area contributed by atoms with Crippen molar-refractivity contribution in [2.75, 3.05) is 11.4 Å². The van der Waals surface area contributed by atoms with Crippen molar-refractivity contribution in [2.45, 2.75) is 30.4 Å². The van der Waals surface area contributed by atoms with E-state index in [1.807, 2.05) is 0 Å². The Hall–Kier alpha value is -1.75. The number of benzene rings is 1. The summed E-state index contributed by atoms with van der Waals surface area (Å²) in [7, 11) is -1.37. The molecule has 0 bridgehead atoms. The molecule has 1 aliphatic rings. The third-order valence-corrected chi connectivity index (χ3v) is 4.99. The van der Waals surface area contributed by atoms with Crippen molar-refractivity contribution in [1.82, 2.24) is 0 Å². The van der Waals surface area contributed by atoms with E-state index in [0.29, 0.717) is 29.1 Å². The number of fused-ring (bicyclic) bond motifs is 1. The van der Waals surface area contributed by atoms with Crippen LogP contribution in [0.4, 0.5) is 5.69 Å². The van der Waals surface area contributed by atoms with Crippen LogP contribution in [0, 0.1) is 0 Å². The van der Waals surface area contributed by atoms with Gasteiger partial charge in [-0.05, 0) is 32.4 Å². The van der Waals surface area contributed by atoms with Crippen molar-refractivity contribution in [3.05, 3.63) is 36.4 Å². The van der Waals surface area contributed by atoms with Gasteiger partial charge in [0.2, 0.25) is 5.91 Å². The van der Waals surface area contributed by atoms with Gasteiger partial charge in [-0.25, -0.2) is 0 Å². The van der Waals surface area contributed by atoms with E-state index in [0.717, 1.165) is 0 Å². The molecular formula is C15H17NO3S. The highest BCUT2D eigenvalue weighted by Gasteiger charge is 2.35. The molecule has 2 rings (SSSR count). The van der Waals surface area contributed by atoms with Crippen molar-refractivity contribution in [3.8, 4) is 0 Å². The average Bonchev–Trinajstić information content (AvgIpc) is 2.44. The van der Waals surface area contributed by atoms with Gasteiger partial charge in [0.1, 0.15) is 5.25 Å². The molecule has 106 valence electrons. The van der Waals surface area contributed by atoms with Gasteiger partial charge in [0.05, 0.1) is 21.4 Å². The zero-order chi connectivity index (χ0) is 14.9. The van der Waals surface area contributed by atoms with E-state index in [4.69, 9.17) is 0 Å². The predicted octanol–water partition coefficient (Wildman–Crippen LogP) is 2.31. The molecule has 0 spiro atoms. The Bertz CT molecular complexity index is 609. The van der Waals surface area contributed by atoms with Crippen molar-refractivity contribution < 1.29 is 13.8 Å². The number of amides is 1. The minimum absolute atomic E-state index is 0.0756. The van der Waals surface area contributed by atoms with Crippen LogP contribution < -0.4 is 4.90 Å². The van der Waals surface area contributed by atoms with Gasteiger partial charge in [-0.3, -0.25) is 13.8 Å². The first-order valence-electron chi connectivity index (χ1n) is 6.45. The van der Waals surface area contributed by atoms with Crippen LogP contribution in [-0.2, 0) is 15.6 Å². The third kappa shape index (κ3) is 2.45. The Labute approximate surface area is 120 Å². The predicted molar refractivity (Wildman–Crippen MR) is 79.5 cm³/mol. The minimum Gasteiger partial charge on any atom is -0.310 e. The molecule has 0 radical (unpaired) electrons. The molecule has 1 aromatic rings. The minimum atomic E-state index is -1.37. The van der Waals surface area contributed by atoms with Crippen LogP contribution in [0.5, 0.6) is 0 Å². The van der Waals surface area contributed by atoms with Gasteiger partial charge in [-0.1, -0.05) is 12.1 Å². The zero-order valence-electron chi connectivity index (χ0n) is 11.6. The SMILES string of the molecule is C=CCCN1C(=O)C(C)S(=O)c2ccc(C(C)=O)cc21. The second-order valence-electron chi connectivity index (χ2n) is 4.75. The monoisotopic (exact) mass is 291 g/mol. The smallest absolute Gasteiger partial charge is 0.242 e. The Balaban J connectivity index is 2.55. The first-order valence-corrected chi connectivity index (χ1v) is 7.66. The maximum Gasteiger partial charge on any atom is 0.242 e. The zero-order valence-corrected chi connectivity index (χ0v) is 12.4. The van der Waals surface area contributed by atoms with Crippen molar-refractivity contribution in [1.29, 1.82) is 0 Å². The molecular weight excluding hydrogens is 274 g/mol. The Morgan fingerprint density at radius 3 is 2.80 bits per heavy atom. The number of anilines is 1.